The Hall–Kier alpha value is -2.95. The third kappa shape index (κ3) is 3.64. The molecule has 1 aliphatic heterocycles. The fourth-order valence-corrected chi connectivity index (χ4v) is 5.62. The van der Waals surface area contributed by atoms with Gasteiger partial charge in [0.15, 0.2) is 0 Å². The van der Waals surface area contributed by atoms with Crippen LogP contribution in [0.3, 0.4) is 0 Å². The maximum absolute atomic E-state index is 12.7. The maximum atomic E-state index is 12.7. The van der Waals surface area contributed by atoms with Crippen molar-refractivity contribution in [2.45, 2.75) is 38.8 Å². The second-order valence-corrected chi connectivity index (χ2v) is 9.68. The first-order chi connectivity index (χ1) is 15.4. The minimum Gasteiger partial charge on any atom is -0.466 e. The van der Waals surface area contributed by atoms with Crippen molar-refractivity contribution in [3.63, 3.8) is 0 Å². The number of likely N-dealkylation sites (tertiary alicyclic amines) is 1. The number of amides is 2. The van der Waals surface area contributed by atoms with Crippen LogP contribution in [-0.4, -0.2) is 68.1 Å². The number of ether oxygens (including phenoxy) is 1. The first kappa shape index (κ1) is 20.9. The highest BCUT2D eigenvalue weighted by Crippen LogP contribution is 2.41. The summed E-state index contributed by atoms with van der Waals surface area (Å²) in [5.74, 6) is 1.98. The molecule has 32 heavy (non-hydrogen) atoms. The zero-order valence-corrected chi connectivity index (χ0v) is 19.5. The molecule has 4 heterocycles. The Balaban J connectivity index is 1.24. The second-order valence-electron chi connectivity index (χ2n) is 8.93. The Bertz CT molecular complexity index is 1110. The van der Waals surface area contributed by atoms with E-state index in [4.69, 9.17) is 4.74 Å². The van der Waals surface area contributed by atoms with Gasteiger partial charge in [-0.1, -0.05) is 0 Å². The number of nitrogens with one attached hydrogen (secondary N) is 1. The molecule has 2 amide bonds. The summed E-state index contributed by atoms with van der Waals surface area (Å²) in [5.41, 5.74) is 0.978. The highest BCUT2D eigenvalue weighted by molar-refractivity contribution is 7.10. The van der Waals surface area contributed by atoms with Gasteiger partial charge < -0.3 is 19.1 Å². The van der Waals surface area contributed by atoms with Gasteiger partial charge in [0.25, 0.3) is 0 Å². The van der Waals surface area contributed by atoms with Crippen molar-refractivity contribution in [1.82, 2.24) is 28.8 Å². The van der Waals surface area contributed by atoms with Crippen LogP contribution in [0.15, 0.2) is 18.6 Å². The molecule has 5 rings (SSSR count). The lowest BCUT2D eigenvalue weighted by Crippen LogP contribution is -2.36. The Morgan fingerprint density at radius 3 is 2.69 bits per heavy atom. The summed E-state index contributed by atoms with van der Waals surface area (Å²) in [6.45, 7) is 5.85. The van der Waals surface area contributed by atoms with E-state index in [0.29, 0.717) is 29.1 Å². The van der Waals surface area contributed by atoms with Crippen molar-refractivity contribution in [3.8, 4) is 6.01 Å². The molecule has 2 fully saturated rings. The highest BCUT2D eigenvalue weighted by atomic mass is 32.1. The number of rotatable bonds is 5. The molecule has 11 heteroatoms. The molecule has 3 aromatic rings. The van der Waals surface area contributed by atoms with Crippen molar-refractivity contribution in [3.05, 3.63) is 18.6 Å². The van der Waals surface area contributed by atoms with Crippen LogP contribution < -0.4 is 15.0 Å². The fraction of sp³-hybridized carbons (Fsp3) is 0.571. The average molecular weight is 457 g/mol. The monoisotopic (exact) mass is 456 g/mol. The second kappa shape index (κ2) is 8.19. The van der Waals surface area contributed by atoms with E-state index in [1.54, 1.807) is 6.33 Å². The van der Waals surface area contributed by atoms with E-state index in [9.17, 15) is 4.79 Å². The molecule has 1 saturated carbocycles. The third-order valence-corrected chi connectivity index (χ3v) is 7.36. The summed E-state index contributed by atoms with van der Waals surface area (Å²) < 4.78 is 11.2. The number of nitrogens with zero attached hydrogens (tertiary/aromatic N) is 7. The number of aromatic nitrogens is 5. The smallest absolute Gasteiger partial charge is 0.329 e. The van der Waals surface area contributed by atoms with Crippen molar-refractivity contribution in [2.24, 2.45) is 11.8 Å². The molecule has 1 saturated heterocycles. The van der Waals surface area contributed by atoms with Gasteiger partial charge in [0.1, 0.15) is 17.8 Å². The van der Waals surface area contributed by atoms with Crippen molar-refractivity contribution >= 4 is 39.5 Å². The number of methoxy groups -OCH3 is 1. The predicted octanol–water partition coefficient (Wildman–Crippen LogP) is 3.25. The predicted molar refractivity (Wildman–Crippen MR) is 123 cm³/mol. The van der Waals surface area contributed by atoms with E-state index in [0.717, 1.165) is 54.3 Å². The minimum absolute atomic E-state index is 0.115. The zero-order chi connectivity index (χ0) is 22.4. The molecule has 2 unspecified atom stereocenters. The number of carbonyl (C=O) groups is 1. The molecule has 1 N–H and O–H groups in total. The van der Waals surface area contributed by atoms with E-state index in [1.165, 1.54) is 7.11 Å². The van der Waals surface area contributed by atoms with Gasteiger partial charge in [0.2, 0.25) is 5.13 Å². The van der Waals surface area contributed by atoms with Crippen LogP contribution >= 0.6 is 11.5 Å². The van der Waals surface area contributed by atoms with Crippen LogP contribution in [0.2, 0.25) is 0 Å². The van der Waals surface area contributed by atoms with Crippen LogP contribution in [0.1, 0.15) is 32.7 Å². The lowest BCUT2D eigenvalue weighted by atomic mass is 10.0. The Kier molecular flexibility index (Phi) is 5.36. The van der Waals surface area contributed by atoms with Gasteiger partial charge in [-0.25, -0.2) is 14.8 Å². The summed E-state index contributed by atoms with van der Waals surface area (Å²) in [6, 6.07) is 3.03. The van der Waals surface area contributed by atoms with Crippen LogP contribution in [0.5, 0.6) is 6.01 Å². The largest absolute Gasteiger partial charge is 0.466 e. The molecule has 1 aliphatic carbocycles. The highest BCUT2D eigenvalue weighted by Gasteiger charge is 2.44. The molecule has 170 valence electrons. The van der Waals surface area contributed by atoms with Gasteiger partial charge in [0.05, 0.1) is 12.5 Å². The molecule has 0 radical (unpaired) electrons. The summed E-state index contributed by atoms with van der Waals surface area (Å²) >= 11 is 1.12. The molecule has 0 bridgehead atoms. The quantitative estimate of drug-likeness (QED) is 0.629. The standard InChI is InChI=1S/C21H28N8O2S/c1-12(2)29-6-5-16-17(22-11-23-18(16)29)27(3)15-7-13-9-28(10-14(13)8-15)21(30)25-20-24-19(31-4)26-32-20/h5-6,11-15H,7-10H2,1-4H3,(H,24,25,26,30). The number of hydrogen-bond donors (Lipinski definition) is 1. The van der Waals surface area contributed by atoms with Crippen molar-refractivity contribution < 1.29 is 9.53 Å². The minimum atomic E-state index is -0.115. The molecule has 0 spiro atoms. The number of hydrogen-bond acceptors (Lipinski definition) is 8. The third-order valence-electron chi connectivity index (χ3n) is 6.74. The van der Waals surface area contributed by atoms with Crippen molar-refractivity contribution in [2.75, 3.05) is 37.5 Å². The maximum Gasteiger partial charge on any atom is 0.329 e. The van der Waals surface area contributed by atoms with E-state index in [2.05, 4.69) is 67.3 Å². The summed E-state index contributed by atoms with van der Waals surface area (Å²) in [4.78, 5) is 30.1. The Morgan fingerprint density at radius 2 is 2.03 bits per heavy atom. The molecule has 0 aromatic carbocycles. The number of urea groups is 1. The summed E-state index contributed by atoms with van der Waals surface area (Å²) in [7, 11) is 3.64. The van der Waals surface area contributed by atoms with Gasteiger partial charge >= 0.3 is 12.0 Å². The zero-order valence-electron chi connectivity index (χ0n) is 18.7. The van der Waals surface area contributed by atoms with Gasteiger partial charge in [-0.15, -0.1) is 4.37 Å². The normalized spacial score (nSPS) is 22.5. The van der Waals surface area contributed by atoms with E-state index >= 15 is 0 Å². The average Bonchev–Trinajstić information content (AvgIpc) is 3.54. The SMILES string of the molecule is COc1nsc(NC(=O)N2CC3CC(N(C)c4ncnc5c4ccn5C(C)C)CC3C2)n1. The van der Waals surface area contributed by atoms with Gasteiger partial charge in [-0.3, -0.25) is 5.32 Å². The van der Waals surface area contributed by atoms with Gasteiger partial charge in [0, 0.05) is 50.0 Å². The Morgan fingerprint density at radius 1 is 1.28 bits per heavy atom. The van der Waals surface area contributed by atoms with Crippen LogP contribution in [0.25, 0.3) is 11.0 Å². The number of carbonyl (C=O) groups excluding carboxylic acids is 1. The summed E-state index contributed by atoms with van der Waals surface area (Å²) in [6.07, 6.45) is 5.86. The van der Waals surface area contributed by atoms with Gasteiger partial charge in [-0.05, 0) is 44.6 Å². The van der Waals surface area contributed by atoms with Crippen LogP contribution in [-0.2, 0) is 0 Å². The molecule has 3 aromatic heterocycles. The van der Waals surface area contributed by atoms with Crippen LogP contribution in [0.4, 0.5) is 15.7 Å². The molecule has 2 aliphatic rings. The van der Waals surface area contributed by atoms with E-state index in [1.807, 2.05) is 4.90 Å². The summed E-state index contributed by atoms with van der Waals surface area (Å²) in [5, 5.41) is 4.39. The molecule has 2 atom stereocenters. The molecular weight excluding hydrogens is 428 g/mol. The van der Waals surface area contributed by atoms with Crippen LogP contribution in [0, 0.1) is 11.8 Å². The van der Waals surface area contributed by atoms with E-state index < -0.39 is 0 Å². The van der Waals surface area contributed by atoms with Crippen molar-refractivity contribution in [1.29, 1.82) is 0 Å². The van der Waals surface area contributed by atoms with E-state index in [-0.39, 0.29) is 12.0 Å². The van der Waals surface area contributed by atoms with Gasteiger partial charge in [-0.2, -0.15) is 4.98 Å². The fourth-order valence-electron chi connectivity index (χ4n) is 5.09. The topological polar surface area (TPSA) is 101 Å². The molecular formula is C21H28N8O2S. The number of fused-ring (bicyclic) bond motifs is 2. The first-order valence-corrected chi connectivity index (χ1v) is 11.7. The molecule has 10 nitrogen and oxygen atoms in total. The first-order valence-electron chi connectivity index (χ1n) is 10.9. The number of anilines is 2. The lowest BCUT2D eigenvalue weighted by molar-refractivity contribution is 0.218. The lowest BCUT2D eigenvalue weighted by Gasteiger charge is -2.28. The Labute approximate surface area is 190 Å².